The average molecular weight is 363 g/mol. The lowest BCUT2D eigenvalue weighted by molar-refractivity contribution is -0.115. The lowest BCUT2D eigenvalue weighted by Gasteiger charge is -2.11. The van der Waals surface area contributed by atoms with Gasteiger partial charge in [0.05, 0.1) is 12.8 Å². The van der Waals surface area contributed by atoms with E-state index < -0.39 is 0 Å². The van der Waals surface area contributed by atoms with Crippen LogP contribution < -0.4 is 15.4 Å². The van der Waals surface area contributed by atoms with Crippen LogP contribution in [-0.2, 0) is 4.79 Å². The van der Waals surface area contributed by atoms with E-state index in [2.05, 4.69) is 26.6 Å². The molecule has 4 nitrogen and oxygen atoms in total. The van der Waals surface area contributed by atoms with Crippen molar-refractivity contribution in [1.82, 2.24) is 0 Å². The standard InChI is InChI=1S/C17H19BrN2O2/c1-12-7-8-13(11-14(12)18)19-10-9-17(21)20-15-5-3-4-6-16(15)22-2/h3-8,11,19H,9-10H2,1-2H3,(H,20,21). The van der Waals surface area contributed by atoms with Gasteiger partial charge in [-0.05, 0) is 36.8 Å². The Labute approximate surface area is 139 Å². The Morgan fingerprint density at radius 2 is 2.00 bits per heavy atom. The van der Waals surface area contributed by atoms with Gasteiger partial charge in [0.25, 0.3) is 0 Å². The maximum atomic E-state index is 12.0. The molecule has 0 unspecified atom stereocenters. The van der Waals surface area contributed by atoms with E-state index >= 15 is 0 Å². The molecule has 0 fully saturated rings. The van der Waals surface area contributed by atoms with E-state index in [-0.39, 0.29) is 5.91 Å². The topological polar surface area (TPSA) is 50.4 Å². The maximum Gasteiger partial charge on any atom is 0.226 e. The number of halogens is 1. The highest BCUT2D eigenvalue weighted by molar-refractivity contribution is 9.10. The molecule has 0 saturated carbocycles. The largest absolute Gasteiger partial charge is 0.495 e. The monoisotopic (exact) mass is 362 g/mol. The van der Waals surface area contributed by atoms with Crippen LogP contribution in [0.2, 0.25) is 0 Å². The SMILES string of the molecule is COc1ccccc1NC(=O)CCNc1ccc(C)c(Br)c1. The van der Waals surface area contributed by atoms with Crippen LogP contribution in [0.15, 0.2) is 46.9 Å². The third-order valence-corrected chi connectivity index (χ3v) is 4.09. The summed E-state index contributed by atoms with van der Waals surface area (Å²) in [4.78, 5) is 12.0. The molecule has 0 aromatic heterocycles. The number of carbonyl (C=O) groups is 1. The van der Waals surface area contributed by atoms with Crippen LogP contribution in [0.1, 0.15) is 12.0 Å². The number of hydrogen-bond donors (Lipinski definition) is 2. The van der Waals surface area contributed by atoms with E-state index in [1.54, 1.807) is 7.11 Å². The molecule has 0 atom stereocenters. The molecule has 0 saturated heterocycles. The lowest BCUT2D eigenvalue weighted by atomic mass is 10.2. The van der Waals surface area contributed by atoms with E-state index in [1.807, 2.05) is 49.4 Å². The van der Waals surface area contributed by atoms with E-state index in [0.29, 0.717) is 24.4 Å². The normalized spacial score (nSPS) is 10.1. The Bertz CT molecular complexity index is 659. The fraction of sp³-hybridized carbons (Fsp3) is 0.235. The number of hydrogen-bond acceptors (Lipinski definition) is 3. The van der Waals surface area contributed by atoms with Gasteiger partial charge in [-0.25, -0.2) is 0 Å². The number of methoxy groups -OCH3 is 1. The van der Waals surface area contributed by atoms with Crippen molar-refractivity contribution >= 4 is 33.2 Å². The van der Waals surface area contributed by atoms with Gasteiger partial charge < -0.3 is 15.4 Å². The number of benzene rings is 2. The molecule has 0 spiro atoms. The van der Waals surface area contributed by atoms with Gasteiger partial charge in [-0.15, -0.1) is 0 Å². The molecule has 2 aromatic carbocycles. The van der Waals surface area contributed by atoms with Crippen LogP contribution >= 0.6 is 15.9 Å². The first-order valence-corrected chi connectivity index (χ1v) is 7.82. The van der Waals surface area contributed by atoms with Crippen molar-refractivity contribution in [3.63, 3.8) is 0 Å². The number of para-hydroxylation sites is 2. The molecule has 5 heteroatoms. The zero-order chi connectivity index (χ0) is 15.9. The average Bonchev–Trinajstić information content (AvgIpc) is 2.51. The number of amides is 1. The fourth-order valence-corrected chi connectivity index (χ4v) is 2.36. The molecular weight excluding hydrogens is 344 g/mol. The predicted octanol–water partition coefficient (Wildman–Crippen LogP) is 4.21. The van der Waals surface area contributed by atoms with Crippen molar-refractivity contribution in [2.45, 2.75) is 13.3 Å². The summed E-state index contributed by atoms with van der Waals surface area (Å²) in [5, 5.41) is 6.09. The van der Waals surface area contributed by atoms with E-state index in [1.165, 1.54) is 5.56 Å². The summed E-state index contributed by atoms with van der Waals surface area (Å²) in [6.45, 7) is 2.60. The molecular formula is C17H19BrN2O2. The molecule has 0 bridgehead atoms. The number of nitrogens with one attached hydrogen (secondary N) is 2. The molecule has 1 amide bonds. The molecule has 116 valence electrons. The molecule has 0 radical (unpaired) electrons. The second-order valence-corrected chi connectivity index (χ2v) is 5.74. The molecule has 22 heavy (non-hydrogen) atoms. The van der Waals surface area contributed by atoms with Crippen molar-refractivity contribution in [2.75, 3.05) is 24.3 Å². The molecule has 0 heterocycles. The van der Waals surface area contributed by atoms with Crippen molar-refractivity contribution in [3.05, 3.63) is 52.5 Å². The van der Waals surface area contributed by atoms with E-state index in [9.17, 15) is 4.79 Å². The number of carbonyl (C=O) groups excluding carboxylic acids is 1. The smallest absolute Gasteiger partial charge is 0.226 e. The third kappa shape index (κ3) is 4.49. The first kappa shape index (κ1) is 16.4. The summed E-state index contributed by atoms with van der Waals surface area (Å²) in [7, 11) is 1.59. The summed E-state index contributed by atoms with van der Waals surface area (Å²) in [5.41, 5.74) is 2.86. The zero-order valence-electron chi connectivity index (χ0n) is 12.7. The van der Waals surface area contributed by atoms with Crippen LogP contribution in [0.5, 0.6) is 5.75 Å². The van der Waals surface area contributed by atoms with Crippen LogP contribution in [0, 0.1) is 6.92 Å². The second kappa shape index (κ2) is 7.84. The molecule has 0 aliphatic rings. The Hall–Kier alpha value is -2.01. The molecule has 0 aliphatic heterocycles. The Balaban J connectivity index is 1.84. The van der Waals surface area contributed by atoms with E-state index in [4.69, 9.17) is 4.74 Å². The van der Waals surface area contributed by atoms with Gasteiger partial charge >= 0.3 is 0 Å². The predicted molar refractivity (Wildman–Crippen MR) is 93.6 cm³/mol. The van der Waals surface area contributed by atoms with E-state index in [0.717, 1.165) is 10.2 Å². The Morgan fingerprint density at radius 1 is 1.23 bits per heavy atom. The summed E-state index contributed by atoms with van der Waals surface area (Å²) >= 11 is 3.49. The van der Waals surface area contributed by atoms with Gasteiger partial charge in [0, 0.05) is 23.1 Å². The number of aryl methyl sites for hydroxylation is 1. The van der Waals surface area contributed by atoms with Crippen molar-refractivity contribution in [2.24, 2.45) is 0 Å². The molecule has 2 rings (SSSR count). The molecule has 0 aliphatic carbocycles. The van der Waals surface area contributed by atoms with Gasteiger partial charge in [0.2, 0.25) is 5.91 Å². The minimum absolute atomic E-state index is 0.0526. The first-order valence-electron chi connectivity index (χ1n) is 7.03. The van der Waals surface area contributed by atoms with Gasteiger partial charge in [0.15, 0.2) is 0 Å². The minimum atomic E-state index is -0.0526. The highest BCUT2D eigenvalue weighted by Gasteiger charge is 2.06. The van der Waals surface area contributed by atoms with Crippen LogP contribution in [0.25, 0.3) is 0 Å². The molecule has 2 aromatic rings. The summed E-state index contributed by atoms with van der Waals surface area (Å²) in [6.07, 6.45) is 0.379. The summed E-state index contributed by atoms with van der Waals surface area (Å²) in [5.74, 6) is 0.606. The zero-order valence-corrected chi connectivity index (χ0v) is 14.2. The quantitative estimate of drug-likeness (QED) is 0.809. The summed E-state index contributed by atoms with van der Waals surface area (Å²) < 4.78 is 6.26. The maximum absolute atomic E-state index is 12.0. The van der Waals surface area contributed by atoms with Crippen molar-refractivity contribution in [3.8, 4) is 5.75 Å². The van der Waals surface area contributed by atoms with Crippen molar-refractivity contribution in [1.29, 1.82) is 0 Å². The van der Waals surface area contributed by atoms with Gasteiger partial charge in [-0.1, -0.05) is 34.1 Å². The number of rotatable bonds is 6. The molecule has 2 N–H and O–H groups in total. The highest BCUT2D eigenvalue weighted by atomic mass is 79.9. The summed E-state index contributed by atoms with van der Waals surface area (Å²) in [6, 6.07) is 13.4. The van der Waals surface area contributed by atoms with Gasteiger partial charge in [-0.3, -0.25) is 4.79 Å². The number of ether oxygens (including phenoxy) is 1. The first-order chi connectivity index (χ1) is 10.6. The lowest BCUT2D eigenvalue weighted by Crippen LogP contribution is -2.16. The Morgan fingerprint density at radius 3 is 2.73 bits per heavy atom. The highest BCUT2D eigenvalue weighted by Crippen LogP contribution is 2.23. The van der Waals surface area contributed by atoms with Crippen LogP contribution in [-0.4, -0.2) is 19.6 Å². The van der Waals surface area contributed by atoms with Gasteiger partial charge in [-0.2, -0.15) is 0 Å². The Kier molecular flexibility index (Phi) is 5.83. The van der Waals surface area contributed by atoms with Crippen LogP contribution in [0.4, 0.5) is 11.4 Å². The number of anilines is 2. The van der Waals surface area contributed by atoms with Crippen LogP contribution in [0.3, 0.4) is 0 Å². The third-order valence-electron chi connectivity index (χ3n) is 3.23. The fourth-order valence-electron chi connectivity index (χ4n) is 1.98. The van der Waals surface area contributed by atoms with Gasteiger partial charge in [0.1, 0.15) is 5.75 Å². The second-order valence-electron chi connectivity index (χ2n) is 4.89. The van der Waals surface area contributed by atoms with Crippen molar-refractivity contribution < 1.29 is 9.53 Å². The minimum Gasteiger partial charge on any atom is -0.495 e.